The molecule has 0 radical (unpaired) electrons. The Morgan fingerprint density at radius 3 is 1.05 bits per heavy atom. The van der Waals surface area contributed by atoms with Crippen molar-refractivity contribution < 1.29 is 8.78 Å². The van der Waals surface area contributed by atoms with Crippen LogP contribution in [0, 0.1) is 0 Å². The monoisotopic (exact) mass is 304 g/mol. The van der Waals surface area contributed by atoms with Gasteiger partial charge in [0.15, 0.2) is 0 Å². The van der Waals surface area contributed by atoms with E-state index in [2.05, 4.69) is 6.92 Å². The third kappa shape index (κ3) is 19.9. The second-order valence-electron chi connectivity index (χ2n) is 6.48. The quantitative estimate of drug-likeness (QED) is 0.239. The molecule has 2 heteroatoms. The fourth-order valence-electron chi connectivity index (χ4n) is 2.85. The summed E-state index contributed by atoms with van der Waals surface area (Å²) >= 11 is 0. The van der Waals surface area contributed by atoms with Gasteiger partial charge in [0.25, 0.3) is 0 Å². The Morgan fingerprint density at radius 1 is 0.476 bits per heavy atom. The van der Waals surface area contributed by atoms with Crippen molar-refractivity contribution in [3.63, 3.8) is 0 Å². The Hall–Kier alpha value is -0.140. The molecule has 0 saturated carbocycles. The summed E-state index contributed by atoms with van der Waals surface area (Å²) in [5.74, 6) is 0. The standard InChI is InChI=1S/C19H38F2/c1-2-3-4-5-6-7-8-9-10-11-12-13-14-15-16-17-18-19(20)21/h19H,2-18H2,1H3. The molecule has 0 spiro atoms. The van der Waals surface area contributed by atoms with Crippen molar-refractivity contribution in [1.82, 2.24) is 0 Å². The highest BCUT2D eigenvalue weighted by Crippen LogP contribution is 2.14. The lowest BCUT2D eigenvalue weighted by molar-refractivity contribution is 0.133. The maximum Gasteiger partial charge on any atom is 0.238 e. The van der Waals surface area contributed by atoms with E-state index in [1.54, 1.807) is 0 Å². The maximum atomic E-state index is 11.9. The molecule has 128 valence electrons. The average molecular weight is 305 g/mol. The smallest absolute Gasteiger partial charge is 0.211 e. The van der Waals surface area contributed by atoms with E-state index in [4.69, 9.17) is 0 Å². The minimum Gasteiger partial charge on any atom is -0.211 e. The molecule has 0 rings (SSSR count). The summed E-state index contributed by atoms with van der Waals surface area (Å²) in [4.78, 5) is 0. The van der Waals surface area contributed by atoms with Crippen LogP contribution in [-0.4, -0.2) is 6.43 Å². The zero-order valence-corrected chi connectivity index (χ0v) is 14.4. The fraction of sp³-hybridized carbons (Fsp3) is 1.00. The zero-order chi connectivity index (χ0) is 15.6. The van der Waals surface area contributed by atoms with Crippen LogP contribution in [0.3, 0.4) is 0 Å². The molecule has 0 unspecified atom stereocenters. The van der Waals surface area contributed by atoms with Gasteiger partial charge in [0.05, 0.1) is 0 Å². The van der Waals surface area contributed by atoms with Crippen molar-refractivity contribution in [2.24, 2.45) is 0 Å². The lowest BCUT2D eigenvalue weighted by Gasteiger charge is -2.03. The summed E-state index contributed by atoms with van der Waals surface area (Å²) in [6, 6.07) is 0. The van der Waals surface area contributed by atoms with Gasteiger partial charge in [-0.2, -0.15) is 0 Å². The predicted molar refractivity (Wildman–Crippen MR) is 90.2 cm³/mol. The molecule has 0 aromatic carbocycles. The molecule has 0 aliphatic rings. The van der Waals surface area contributed by atoms with Gasteiger partial charge in [0.2, 0.25) is 6.43 Å². The summed E-state index contributed by atoms with van der Waals surface area (Å²) in [5.41, 5.74) is 0. The Bertz CT molecular complexity index is 180. The molecule has 0 atom stereocenters. The first kappa shape index (κ1) is 20.9. The lowest BCUT2D eigenvalue weighted by Crippen LogP contribution is -1.89. The van der Waals surface area contributed by atoms with Crippen LogP contribution in [0.25, 0.3) is 0 Å². The van der Waals surface area contributed by atoms with E-state index in [0.29, 0.717) is 6.42 Å². The SMILES string of the molecule is CCCCCCCCCCCCCCCCCCC(F)F. The number of rotatable bonds is 17. The van der Waals surface area contributed by atoms with Crippen molar-refractivity contribution in [3.05, 3.63) is 0 Å². The zero-order valence-electron chi connectivity index (χ0n) is 14.4. The minimum atomic E-state index is -2.10. The summed E-state index contributed by atoms with van der Waals surface area (Å²) in [6.45, 7) is 2.27. The van der Waals surface area contributed by atoms with Crippen LogP contribution in [0.1, 0.15) is 116 Å². The predicted octanol–water partition coefficient (Wildman–Crippen LogP) is 7.90. The van der Waals surface area contributed by atoms with Crippen LogP contribution >= 0.6 is 0 Å². The maximum absolute atomic E-state index is 11.9. The van der Waals surface area contributed by atoms with E-state index in [9.17, 15) is 8.78 Å². The van der Waals surface area contributed by atoms with E-state index in [-0.39, 0.29) is 6.42 Å². The second kappa shape index (κ2) is 17.9. The highest BCUT2D eigenvalue weighted by atomic mass is 19.3. The van der Waals surface area contributed by atoms with Gasteiger partial charge in [0.1, 0.15) is 0 Å². The molecule has 0 saturated heterocycles. The third-order valence-electron chi connectivity index (χ3n) is 4.28. The lowest BCUT2D eigenvalue weighted by atomic mass is 10.0. The van der Waals surface area contributed by atoms with Gasteiger partial charge in [-0.15, -0.1) is 0 Å². The minimum absolute atomic E-state index is 0.0957. The molecule has 0 bridgehead atoms. The Labute approximate surface area is 132 Å². The van der Waals surface area contributed by atoms with Crippen molar-refractivity contribution in [2.75, 3.05) is 0 Å². The topological polar surface area (TPSA) is 0 Å². The summed E-state index contributed by atoms with van der Waals surface area (Å²) in [5, 5.41) is 0. The van der Waals surface area contributed by atoms with Crippen LogP contribution < -0.4 is 0 Å². The van der Waals surface area contributed by atoms with E-state index >= 15 is 0 Å². The largest absolute Gasteiger partial charge is 0.238 e. The highest BCUT2D eigenvalue weighted by Gasteiger charge is 2.00. The Kier molecular flexibility index (Phi) is 17.8. The summed E-state index contributed by atoms with van der Waals surface area (Å²) in [7, 11) is 0. The van der Waals surface area contributed by atoms with E-state index < -0.39 is 6.43 Å². The molecule has 0 heterocycles. The van der Waals surface area contributed by atoms with Crippen LogP contribution in [-0.2, 0) is 0 Å². The van der Waals surface area contributed by atoms with Gasteiger partial charge in [-0.3, -0.25) is 0 Å². The van der Waals surface area contributed by atoms with Crippen molar-refractivity contribution in [3.8, 4) is 0 Å². The molecule has 0 amide bonds. The first-order valence-electron chi connectivity index (χ1n) is 9.55. The summed E-state index contributed by atoms with van der Waals surface area (Å²) < 4.78 is 23.8. The van der Waals surface area contributed by atoms with Crippen LogP contribution in [0.5, 0.6) is 0 Å². The van der Waals surface area contributed by atoms with Crippen molar-refractivity contribution in [2.45, 2.75) is 123 Å². The molecular weight excluding hydrogens is 266 g/mol. The molecule has 0 fully saturated rings. The Balaban J connectivity index is 2.93. The van der Waals surface area contributed by atoms with Gasteiger partial charge in [-0.1, -0.05) is 103 Å². The molecule has 0 aromatic rings. The van der Waals surface area contributed by atoms with Crippen LogP contribution in [0.2, 0.25) is 0 Å². The van der Waals surface area contributed by atoms with E-state index in [1.165, 1.54) is 83.5 Å². The fourth-order valence-corrected chi connectivity index (χ4v) is 2.85. The van der Waals surface area contributed by atoms with E-state index in [0.717, 1.165) is 12.8 Å². The Morgan fingerprint density at radius 2 is 0.762 bits per heavy atom. The van der Waals surface area contributed by atoms with Crippen molar-refractivity contribution >= 4 is 0 Å². The number of hydrogen-bond donors (Lipinski definition) is 0. The van der Waals surface area contributed by atoms with Crippen LogP contribution in [0.15, 0.2) is 0 Å². The summed E-state index contributed by atoms with van der Waals surface area (Å²) in [6.07, 6.45) is 18.7. The molecular formula is C19H38F2. The molecule has 0 nitrogen and oxygen atoms in total. The van der Waals surface area contributed by atoms with Crippen molar-refractivity contribution in [1.29, 1.82) is 0 Å². The first-order chi connectivity index (χ1) is 10.3. The van der Waals surface area contributed by atoms with E-state index in [1.807, 2.05) is 0 Å². The average Bonchev–Trinajstić information content (AvgIpc) is 2.46. The molecule has 0 aliphatic heterocycles. The number of unbranched alkanes of at least 4 members (excludes halogenated alkanes) is 15. The molecule has 0 N–H and O–H groups in total. The van der Waals surface area contributed by atoms with Gasteiger partial charge >= 0.3 is 0 Å². The molecule has 0 aromatic heterocycles. The molecule has 0 aliphatic carbocycles. The normalized spacial score (nSPS) is 11.4. The van der Waals surface area contributed by atoms with Crippen LogP contribution in [0.4, 0.5) is 8.78 Å². The second-order valence-corrected chi connectivity index (χ2v) is 6.48. The van der Waals surface area contributed by atoms with Gasteiger partial charge < -0.3 is 0 Å². The highest BCUT2D eigenvalue weighted by molar-refractivity contribution is 4.50. The van der Waals surface area contributed by atoms with Gasteiger partial charge in [0, 0.05) is 6.42 Å². The number of hydrogen-bond acceptors (Lipinski definition) is 0. The van der Waals surface area contributed by atoms with Gasteiger partial charge in [-0.25, -0.2) is 8.78 Å². The first-order valence-corrected chi connectivity index (χ1v) is 9.55. The number of halogens is 2. The third-order valence-corrected chi connectivity index (χ3v) is 4.28. The molecule has 21 heavy (non-hydrogen) atoms. The number of alkyl halides is 2. The van der Waals surface area contributed by atoms with Gasteiger partial charge in [-0.05, 0) is 6.42 Å².